The SMILES string of the molecule is O=C(CC1CC2CCC(C1)N2)N1CCCN(Cc2ccc(F)cc2)CC1. The molecular weight excluding hydrogens is 329 g/mol. The van der Waals surface area contributed by atoms with E-state index >= 15 is 0 Å². The second-order valence-corrected chi connectivity index (χ2v) is 8.32. The first kappa shape index (κ1) is 17.9. The van der Waals surface area contributed by atoms with Crippen LogP contribution in [-0.4, -0.2) is 54.0 Å². The van der Waals surface area contributed by atoms with Crippen LogP contribution in [0.25, 0.3) is 0 Å². The van der Waals surface area contributed by atoms with Crippen LogP contribution in [0, 0.1) is 11.7 Å². The number of amides is 1. The fourth-order valence-corrected chi connectivity index (χ4v) is 4.94. The molecule has 142 valence electrons. The molecule has 3 aliphatic heterocycles. The van der Waals surface area contributed by atoms with Crippen LogP contribution in [0.3, 0.4) is 0 Å². The monoisotopic (exact) mass is 359 g/mol. The molecule has 0 aliphatic carbocycles. The first-order valence-electron chi connectivity index (χ1n) is 10.2. The average Bonchev–Trinajstić information content (AvgIpc) is 2.83. The largest absolute Gasteiger partial charge is 0.341 e. The van der Waals surface area contributed by atoms with E-state index in [1.165, 1.54) is 37.8 Å². The number of nitrogens with one attached hydrogen (secondary N) is 1. The molecule has 4 rings (SSSR count). The first-order chi connectivity index (χ1) is 12.7. The molecule has 2 unspecified atom stereocenters. The van der Waals surface area contributed by atoms with Gasteiger partial charge in [-0.2, -0.15) is 0 Å². The van der Waals surface area contributed by atoms with Gasteiger partial charge in [0, 0.05) is 51.2 Å². The zero-order valence-electron chi connectivity index (χ0n) is 15.5. The van der Waals surface area contributed by atoms with Crippen molar-refractivity contribution < 1.29 is 9.18 Å². The minimum Gasteiger partial charge on any atom is -0.341 e. The highest BCUT2D eigenvalue weighted by Crippen LogP contribution is 2.33. The Morgan fingerprint density at radius 2 is 1.77 bits per heavy atom. The van der Waals surface area contributed by atoms with Gasteiger partial charge in [-0.15, -0.1) is 0 Å². The number of halogens is 1. The van der Waals surface area contributed by atoms with Crippen molar-refractivity contribution in [3.05, 3.63) is 35.6 Å². The summed E-state index contributed by atoms with van der Waals surface area (Å²) < 4.78 is 13.1. The van der Waals surface area contributed by atoms with Crippen LogP contribution in [0.2, 0.25) is 0 Å². The summed E-state index contributed by atoms with van der Waals surface area (Å²) in [5.41, 5.74) is 1.14. The lowest BCUT2D eigenvalue weighted by Crippen LogP contribution is -2.41. The molecule has 0 spiro atoms. The summed E-state index contributed by atoms with van der Waals surface area (Å²) in [5, 5.41) is 3.66. The summed E-state index contributed by atoms with van der Waals surface area (Å²) >= 11 is 0. The zero-order valence-corrected chi connectivity index (χ0v) is 15.5. The maximum absolute atomic E-state index is 13.1. The standard InChI is InChI=1S/C21H30FN3O/c22-18-4-2-16(3-5-18)15-24-8-1-9-25(11-10-24)21(26)14-17-12-19-6-7-20(13-17)23-19/h2-5,17,19-20,23H,1,6-15H2. The molecule has 1 amide bonds. The molecule has 0 aromatic heterocycles. The quantitative estimate of drug-likeness (QED) is 0.898. The van der Waals surface area contributed by atoms with Crippen molar-refractivity contribution in [3.8, 4) is 0 Å². The maximum Gasteiger partial charge on any atom is 0.222 e. The fourth-order valence-electron chi connectivity index (χ4n) is 4.94. The predicted molar refractivity (Wildman–Crippen MR) is 100 cm³/mol. The summed E-state index contributed by atoms with van der Waals surface area (Å²) in [6.45, 7) is 4.42. The zero-order chi connectivity index (χ0) is 17.9. The number of benzene rings is 1. The van der Waals surface area contributed by atoms with Crippen LogP contribution in [-0.2, 0) is 11.3 Å². The number of hydrogen-bond donors (Lipinski definition) is 1. The summed E-state index contributed by atoms with van der Waals surface area (Å²) in [5.74, 6) is 0.729. The third kappa shape index (κ3) is 4.44. The van der Waals surface area contributed by atoms with Gasteiger partial charge in [0.05, 0.1) is 0 Å². The molecule has 3 saturated heterocycles. The van der Waals surface area contributed by atoms with Crippen LogP contribution in [0.4, 0.5) is 4.39 Å². The number of hydrogen-bond acceptors (Lipinski definition) is 3. The van der Waals surface area contributed by atoms with Crippen molar-refractivity contribution >= 4 is 5.91 Å². The van der Waals surface area contributed by atoms with E-state index < -0.39 is 0 Å². The van der Waals surface area contributed by atoms with E-state index in [1.54, 1.807) is 0 Å². The smallest absolute Gasteiger partial charge is 0.222 e. The van der Waals surface area contributed by atoms with E-state index in [0.717, 1.165) is 51.1 Å². The number of carbonyl (C=O) groups excluding carboxylic acids is 1. The van der Waals surface area contributed by atoms with Crippen molar-refractivity contribution in [3.63, 3.8) is 0 Å². The van der Waals surface area contributed by atoms with Gasteiger partial charge < -0.3 is 10.2 Å². The van der Waals surface area contributed by atoms with Gasteiger partial charge in [0.25, 0.3) is 0 Å². The number of piperidine rings is 1. The third-order valence-electron chi connectivity index (χ3n) is 6.29. The molecule has 0 radical (unpaired) electrons. The van der Waals surface area contributed by atoms with Gasteiger partial charge >= 0.3 is 0 Å². The molecule has 3 heterocycles. The lowest BCUT2D eigenvalue weighted by atomic mass is 9.89. The van der Waals surface area contributed by atoms with Gasteiger partial charge in [0.15, 0.2) is 0 Å². The van der Waals surface area contributed by atoms with Gasteiger partial charge in [0.1, 0.15) is 5.82 Å². The van der Waals surface area contributed by atoms with E-state index in [-0.39, 0.29) is 5.82 Å². The van der Waals surface area contributed by atoms with Gasteiger partial charge in [0.2, 0.25) is 5.91 Å². The number of fused-ring (bicyclic) bond motifs is 2. The Morgan fingerprint density at radius 1 is 1.04 bits per heavy atom. The van der Waals surface area contributed by atoms with E-state index in [1.807, 2.05) is 12.1 Å². The Labute approximate surface area is 155 Å². The van der Waals surface area contributed by atoms with Crippen molar-refractivity contribution in [2.24, 2.45) is 5.92 Å². The summed E-state index contributed by atoms with van der Waals surface area (Å²) in [6, 6.07) is 8.07. The first-order valence-corrected chi connectivity index (χ1v) is 10.2. The van der Waals surface area contributed by atoms with Crippen LogP contribution >= 0.6 is 0 Å². The Morgan fingerprint density at radius 3 is 2.50 bits per heavy atom. The van der Waals surface area contributed by atoms with Gasteiger partial charge in [-0.05, 0) is 55.7 Å². The third-order valence-corrected chi connectivity index (χ3v) is 6.29. The van der Waals surface area contributed by atoms with E-state index in [2.05, 4.69) is 15.1 Å². The number of carbonyl (C=O) groups is 1. The van der Waals surface area contributed by atoms with Crippen molar-refractivity contribution in [2.75, 3.05) is 26.2 Å². The molecule has 1 N–H and O–H groups in total. The topological polar surface area (TPSA) is 35.6 Å². The molecule has 1 aromatic carbocycles. The van der Waals surface area contributed by atoms with E-state index in [0.29, 0.717) is 23.9 Å². The number of nitrogens with zero attached hydrogens (tertiary/aromatic N) is 2. The van der Waals surface area contributed by atoms with Crippen molar-refractivity contribution in [1.29, 1.82) is 0 Å². The van der Waals surface area contributed by atoms with E-state index in [9.17, 15) is 9.18 Å². The summed E-state index contributed by atoms with van der Waals surface area (Å²) in [6.07, 6.45) is 6.67. The van der Waals surface area contributed by atoms with Crippen LogP contribution in [0.5, 0.6) is 0 Å². The summed E-state index contributed by atoms with van der Waals surface area (Å²) in [7, 11) is 0. The highest BCUT2D eigenvalue weighted by atomic mass is 19.1. The minimum absolute atomic E-state index is 0.187. The molecule has 1 aromatic rings. The molecule has 3 aliphatic rings. The molecule has 3 fully saturated rings. The fraction of sp³-hybridized carbons (Fsp3) is 0.667. The molecule has 2 bridgehead atoms. The Hall–Kier alpha value is -1.46. The molecule has 4 nitrogen and oxygen atoms in total. The lowest BCUT2D eigenvalue weighted by molar-refractivity contribution is -0.132. The van der Waals surface area contributed by atoms with Crippen molar-refractivity contribution in [1.82, 2.24) is 15.1 Å². The Kier molecular flexibility index (Phi) is 5.55. The highest BCUT2D eigenvalue weighted by molar-refractivity contribution is 5.76. The minimum atomic E-state index is -0.187. The average molecular weight is 359 g/mol. The van der Waals surface area contributed by atoms with Crippen LogP contribution in [0.1, 0.15) is 44.1 Å². The van der Waals surface area contributed by atoms with Gasteiger partial charge in [-0.3, -0.25) is 9.69 Å². The lowest BCUT2D eigenvalue weighted by Gasteiger charge is -2.30. The van der Waals surface area contributed by atoms with Gasteiger partial charge in [-0.25, -0.2) is 4.39 Å². The molecular formula is C21H30FN3O. The Bertz CT molecular complexity index is 608. The van der Waals surface area contributed by atoms with Crippen LogP contribution < -0.4 is 5.32 Å². The predicted octanol–water partition coefficient (Wildman–Crippen LogP) is 2.78. The maximum atomic E-state index is 13.1. The highest BCUT2D eigenvalue weighted by Gasteiger charge is 2.35. The molecule has 0 saturated carbocycles. The second-order valence-electron chi connectivity index (χ2n) is 8.32. The number of rotatable bonds is 4. The Balaban J connectivity index is 1.26. The van der Waals surface area contributed by atoms with Gasteiger partial charge in [-0.1, -0.05) is 12.1 Å². The normalized spacial score (nSPS) is 29.6. The second kappa shape index (κ2) is 8.05. The molecule has 26 heavy (non-hydrogen) atoms. The summed E-state index contributed by atoms with van der Waals surface area (Å²) in [4.78, 5) is 17.3. The van der Waals surface area contributed by atoms with Crippen molar-refractivity contribution in [2.45, 2.75) is 57.2 Å². The molecule has 5 heteroatoms. The van der Waals surface area contributed by atoms with Crippen LogP contribution in [0.15, 0.2) is 24.3 Å². The van der Waals surface area contributed by atoms with E-state index in [4.69, 9.17) is 0 Å². The molecule has 2 atom stereocenters.